The number of nitrogens with one attached hydrogen (secondary N) is 1. The molecular weight excluding hydrogens is 206 g/mol. The first-order valence-electron chi connectivity index (χ1n) is 5.12. The lowest BCUT2D eigenvalue weighted by Gasteiger charge is -2.17. The second-order valence-electron chi connectivity index (χ2n) is 3.90. The van der Waals surface area contributed by atoms with E-state index < -0.39 is 0 Å². The molecule has 0 bridgehead atoms. The lowest BCUT2D eigenvalue weighted by molar-refractivity contribution is 0.607. The summed E-state index contributed by atoms with van der Waals surface area (Å²) < 4.78 is 0. The molecule has 0 spiro atoms. The van der Waals surface area contributed by atoms with Crippen molar-refractivity contribution in [3.05, 3.63) is 29.6 Å². The van der Waals surface area contributed by atoms with Crippen LogP contribution in [0.25, 0.3) is 0 Å². The van der Waals surface area contributed by atoms with E-state index in [1.807, 2.05) is 31.1 Å². The first-order valence-corrected chi connectivity index (χ1v) is 6.17. The van der Waals surface area contributed by atoms with Crippen LogP contribution in [0.15, 0.2) is 18.5 Å². The smallest absolute Gasteiger partial charge is 0.0565 e. The molecule has 0 amide bonds. The van der Waals surface area contributed by atoms with Crippen LogP contribution in [0.5, 0.6) is 0 Å². The Hall–Kier alpha value is -0.580. The van der Waals surface area contributed by atoms with Gasteiger partial charge in [0.25, 0.3) is 0 Å². The number of nitrogens with two attached hydrogens (primary N) is 1. The van der Waals surface area contributed by atoms with E-state index in [1.54, 1.807) is 0 Å². The average molecular weight is 225 g/mol. The largest absolute Gasteiger partial charge is 0.271 e. The van der Waals surface area contributed by atoms with E-state index in [4.69, 9.17) is 5.84 Å². The monoisotopic (exact) mass is 225 g/mol. The zero-order valence-corrected chi connectivity index (χ0v) is 10.3. The van der Waals surface area contributed by atoms with Crippen LogP contribution in [0, 0.1) is 6.92 Å². The van der Waals surface area contributed by atoms with E-state index in [0.717, 1.165) is 11.3 Å². The summed E-state index contributed by atoms with van der Waals surface area (Å²) in [4.78, 5) is 4.18. The Bertz CT molecular complexity index is 302. The Morgan fingerprint density at radius 3 is 2.73 bits per heavy atom. The maximum Gasteiger partial charge on any atom is 0.0565 e. The minimum Gasteiger partial charge on any atom is -0.271 e. The maximum absolute atomic E-state index is 5.55. The number of nitrogens with zero attached hydrogens (tertiary/aromatic N) is 1. The predicted octanol–water partition coefficient (Wildman–Crippen LogP) is 2.04. The van der Waals surface area contributed by atoms with Crippen LogP contribution < -0.4 is 11.3 Å². The molecule has 1 unspecified atom stereocenters. The van der Waals surface area contributed by atoms with Gasteiger partial charge in [0.1, 0.15) is 0 Å². The SMILES string of the molecule is Cc1cncc(C(CSC(C)C)NN)c1. The quantitative estimate of drug-likeness (QED) is 0.595. The number of thioether (sulfide) groups is 1. The molecule has 1 aromatic rings. The van der Waals surface area contributed by atoms with Crippen molar-refractivity contribution in [2.75, 3.05) is 5.75 Å². The average Bonchev–Trinajstić information content (AvgIpc) is 2.18. The van der Waals surface area contributed by atoms with Crippen molar-refractivity contribution >= 4 is 11.8 Å². The van der Waals surface area contributed by atoms with Crippen molar-refractivity contribution in [1.82, 2.24) is 10.4 Å². The van der Waals surface area contributed by atoms with Crippen molar-refractivity contribution in [3.63, 3.8) is 0 Å². The summed E-state index contributed by atoms with van der Waals surface area (Å²) in [5, 5.41) is 0.624. The van der Waals surface area contributed by atoms with Crippen LogP contribution in [0.3, 0.4) is 0 Å². The third kappa shape index (κ3) is 4.20. The third-order valence-electron chi connectivity index (χ3n) is 2.10. The molecule has 0 aliphatic rings. The van der Waals surface area contributed by atoms with E-state index in [1.165, 1.54) is 5.56 Å². The first-order chi connectivity index (χ1) is 7.13. The van der Waals surface area contributed by atoms with Gasteiger partial charge in [0.2, 0.25) is 0 Å². The fraction of sp³-hybridized carbons (Fsp3) is 0.545. The number of pyridine rings is 1. The molecule has 15 heavy (non-hydrogen) atoms. The molecule has 1 heterocycles. The fourth-order valence-electron chi connectivity index (χ4n) is 1.30. The molecule has 84 valence electrons. The van der Waals surface area contributed by atoms with Gasteiger partial charge >= 0.3 is 0 Å². The van der Waals surface area contributed by atoms with Gasteiger partial charge in [-0.1, -0.05) is 19.9 Å². The van der Waals surface area contributed by atoms with Gasteiger partial charge in [-0.15, -0.1) is 0 Å². The van der Waals surface area contributed by atoms with Crippen LogP contribution in [0.2, 0.25) is 0 Å². The highest BCUT2D eigenvalue weighted by molar-refractivity contribution is 7.99. The van der Waals surface area contributed by atoms with Crippen molar-refractivity contribution in [2.45, 2.75) is 32.1 Å². The number of aromatic nitrogens is 1. The normalized spacial score (nSPS) is 13.1. The first kappa shape index (κ1) is 12.5. The minimum absolute atomic E-state index is 0.185. The van der Waals surface area contributed by atoms with Gasteiger partial charge in [0.15, 0.2) is 0 Å². The minimum atomic E-state index is 0.185. The van der Waals surface area contributed by atoms with Crippen LogP contribution in [-0.4, -0.2) is 16.0 Å². The highest BCUT2D eigenvalue weighted by atomic mass is 32.2. The van der Waals surface area contributed by atoms with Gasteiger partial charge in [0.05, 0.1) is 6.04 Å². The Balaban J connectivity index is 2.65. The summed E-state index contributed by atoms with van der Waals surface area (Å²) >= 11 is 1.89. The molecule has 1 aromatic heterocycles. The summed E-state index contributed by atoms with van der Waals surface area (Å²) in [6.07, 6.45) is 3.73. The number of rotatable bonds is 5. The molecule has 4 heteroatoms. The van der Waals surface area contributed by atoms with Gasteiger partial charge < -0.3 is 0 Å². The molecule has 0 aromatic carbocycles. The van der Waals surface area contributed by atoms with Crippen molar-refractivity contribution in [2.24, 2.45) is 5.84 Å². The van der Waals surface area contributed by atoms with E-state index >= 15 is 0 Å². The zero-order chi connectivity index (χ0) is 11.3. The van der Waals surface area contributed by atoms with E-state index in [0.29, 0.717) is 5.25 Å². The number of aryl methyl sites for hydroxylation is 1. The predicted molar refractivity (Wildman–Crippen MR) is 66.6 cm³/mol. The van der Waals surface area contributed by atoms with E-state index in [2.05, 4.69) is 30.3 Å². The molecule has 0 aliphatic carbocycles. The number of hydrogen-bond acceptors (Lipinski definition) is 4. The summed E-state index contributed by atoms with van der Waals surface area (Å²) in [6.45, 7) is 6.42. The summed E-state index contributed by atoms with van der Waals surface area (Å²) in [7, 11) is 0. The molecule has 0 saturated carbocycles. The van der Waals surface area contributed by atoms with Gasteiger partial charge in [-0.25, -0.2) is 0 Å². The number of hydrogen-bond donors (Lipinski definition) is 2. The third-order valence-corrected chi connectivity index (χ3v) is 3.29. The Morgan fingerprint density at radius 1 is 1.47 bits per heavy atom. The summed E-state index contributed by atoms with van der Waals surface area (Å²) in [6, 6.07) is 2.31. The molecule has 0 aliphatic heterocycles. The van der Waals surface area contributed by atoms with Gasteiger partial charge in [0, 0.05) is 18.1 Å². The molecule has 3 N–H and O–H groups in total. The second-order valence-corrected chi connectivity index (χ2v) is 5.51. The van der Waals surface area contributed by atoms with E-state index in [-0.39, 0.29) is 6.04 Å². The molecule has 0 radical (unpaired) electrons. The molecule has 0 saturated heterocycles. The maximum atomic E-state index is 5.55. The van der Waals surface area contributed by atoms with Crippen LogP contribution in [0.4, 0.5) is 0 Å². The Labute approximate surface area is 95.8 Å². The van der Waals surface area contributed by atoms with Crippen molar-refractivity contribution in [1.29, 1.82) is 0 Å². The molecule has 1 atom stereocenters. The van der Waals surface area contributed by atoms with E-state index in [9.17, 15) is 0 Å². The zero-order valence-electron chi connectivity index (χ0n) is 9.53. The van der Waals surface area contributed by atoms with Gasteiger partial charge in [-0.3, -0.25) is 16.3 Å². The number of hydrazine groups is 1. The molecule has 3 nitrogen and oxygen atoms in total. The Kier molecular flexibility index (Phi) is 5.08. The van der Waals surface area contributed by atoms with Crippen molar-refractivity contribution in [3.8, 4) is 0 Å². The van der Waals surface area contributed by atoms with Gasteiger partial charge in [-0.05, 0) is 23.3 Å². The molecule has 1 rings (SSSR count). The van der Waals surface area contributed by atoms with Crippen LogP contribution in [-0.2, 0) is 0 Å². The summed E-state index contributed by atoms with van der Waals surface area (Å²) in [5.41, 5.74) is 5.17. The summed E-state index contributed by atoms with van der Waals surface area (Å²) in [5.74, 6) is 6.52. The van der Waals surface area contributed by atoms with Crippen LogP contribution >= 0.6 is 11.8 Å². The topological polar surface area (TPSA) is 50.9 Å². The van der Waals surface area contributed by atoms with Gasteiger partial charge in [-0.2, -0.15) is 11.8 Å². The standard InChI is InChI=1S/C11H19N3S/c1-8(2)15-7-11(14-12)10-4-9(3)5-13-6-10/h4-6,8,11,14H,7,12H2,1-3H3. The van der Waals surface area contributed by atoms with Crippen molar-refractivity contribution < 1.29 is 0 Å². The van der Waals surface area contributed by atoms with Crippen LogP contribution in [0.1, 0.15) is 31.0 Å². The fourth-order valence-corrected chi connectivity index (χ4v) is 2.16. The lowest BCUT2D eigenvalue weighted by atomic mass is 10.1. The highest BCUT2D eigenvalue weighted by Gasteiger charge is 2.10. The lowest BCUT2D eigenvalue weighted by Crippen LogP contribution is -2.30. The highest BCUT2D eigenvalue weighted by Crippen LogP contribution is 2.20. The Morgan fingerprint density at radius 2 is 2.20 bits per heavy atom. The molecule has 0 fully saturated rings. The molecular formula is C11H19N3S. The second kappa shape index (κ2) is 6.10.